The third-order valence-electron chi connectivity index (χ3n) is 4.22. The van der Waals surface area contributed by atoms with E-state index in [1.807, 2.05) is 0 Å². The molecule has 118 valence electrons. The molecule has 1 heterocycles. The van der Waals surface area contributed by atoms with Crippen LogP contribution < -0.4 is 10.5 Å². The lowest BCUT2D eigenvalue weighted by Gasteiger charge is -2.26. The Morgan fingerprint density at radius 2 is 2.24 bits per heavy atom. The van der Waals surface area contributed by atoms with Gasteiger partial charge in [0.1, 0.15) is 4.90 Å². The van der Waals surface area contributed by atoms with Crippen molar-refractivity contribution in [3.63, 3.8) is 0 Å². The molecule has 0 aliphatic heterocycles. The molecular weight excluding hydrogens is 286 g/mol. The molecule has 2 unspecified atom stereocenters. The molecule has 3 N–H and O–H groups in total. The molecule has 5 nitrogen and oxygen atoms in total. The number of sulfonamides is 1. The van der Waals surface area contributed by atoms with Crippen LogP contribution in [-0.2, 0) is 16.6 Å². The first kappa shape index (κ1) is 16.4. The molecule has 0 bridgehead atoms. The second kappa shape index (κ2) is 7.33. The summed E-state index contributed by atoms with van der Waals surface area (Å²) in [4.78, 5) is 4.23. The van der Waals surface area contributed by atoms with Gasteiger partial charge in [0.05, 0.1) is 5.69 Å². The fourth-order valence-electron chi connectivity index (χ4n) is 3.12. The van der Waals surface area contributed by atoms with E-state index in [2.05, 4.69) is 16.6 Å². The van der Waals surface area contributed by atoms with Crippen LogP contribution in [0.25, 0.3) is 0 Å². The van der Waals surface area contributed by atoms with Crippen LogP contribution in [0.1, 0.15) is 44.7 Å². The molecular formula is C15H25N3O2S. The van der Waals surface area contributed by atoms with Crippen molar-refractivity contribution in [2.75, 3.05) is 6.54 Å². The highest BCUT2D eigenvalue weighted by Gasteiger charge is 2.21. The first-order chi connectivity index (χ1) is 10.0. The second-order valence-corrected chi connectivity index (χ2v) is 7.71. The van der Waals surface area contributed by atoms with Crippen LogP contribution in [0.15, 0.2) is 23.2 Å². The van der Waals surface area contributed by atoms with E-state index in [1.54, 1.807) is 18.3 Å². The van der Waals surface area contributed by atoms with Gasteiger partial charge in [-0.05, 0) is 36.8 Å². The summed E-state index contributed by atoms with van der Waals surface area (Å²) in [6.07, 6.45) is 7.46. The van der Waals surface area contributed by atoms with Crippen molar-refractivity contribution in [2.24, 2.45) is 17.6 Å². The third-order valence-corrected chi connectivity index (χ3v) is 5.76. The zero-order valence-corrected chi connectivity index (χ0v) is 13.4. The van der Waals surface area contributed by atoms with Gasteiger partial charge in [0, 0.05) is 19.3 Å². The molecule has 1 fully saturated rings. The summed E-state index contributed by atoms with van der Waals surface area (Å²) in [6.45, 7) is 2.88. The summed E-state index contributed by atoms with van der Waals surface area (Å²) >= 11 is 0. The number of aromatic nitrogens is 1. The van der Waals surface area contributed by atoms with Gasteiger partial charge in [0.15, 0.2) is 0 Å². The van der Waals surface area contributed by atoms with E-state index in [-0.39, 0.29) is 11.4 Å². The maximum absolute atomic E-state index is 12.3. The second-order valence-electron chi connectivity index (χ2n) is 5.98. The Bertz CT molecular complexity index is 560. The number of nitrogens with two attached hydrogens (primary N) is 1. The van der Waals surface area contributed by atoms with Gasteiger partial charge in [-0.3, -0.25) is 4.98 Å². The Hall–Kier alpha value is -0.980. The Kier molecular flexibility index (Phi) is 5.72. The van der Waals surface area contributed by atoms with E-state index in [4.69, 9.17) is 5.73 Å². The Balaban J connectivity index is 1.92. The molecule has 1 aliphatic rings. The Morgan fingerprint density at radius 3 is 2.95 bits per heavy atom. The molecule has 1 aromatic rings. The highest BCUT2D eigenvalue weighted by atomic mass is 32.2. The van der Waals surface area contributed by atoms with Gasteiger partial charge >= 0.3 is 0 Å². The summed E-state index contributed by atoms with van der Waals surface area (Å²) in [6, 6.07) is 3.18. The third kappa shape index (κ3) is 4.49. The first-order valence-corrected chi connectivity index (χ1v) is 9.15. The molecule has 1 saturated carbocycles. The van der Waals surface area contributed by atoms with Gasteiger partial charge in [-0.15, -0.1) is 0 Å². The highest BCUT2D eigenvalue weighted by molar-refractivity contribution is 7.89. The van der Waals surface area contributed by atoms with Crippen LogP contribution in [0.3, 0.4) is 0 Å². The quantitative estimate of drug-likeness (QED) is 0.842. The van der Waals surface area contributed by atoms with E-state index in [9.17, 15) is 8.42 Å². The summed E-state index contributed by atoms with van der Waals surface area (Å²) in [5.41, 5.74) is 5.97. The van der Waals surface area contributed by atoms with Crippen LogP contribution in [0, 0.1) is 11.8 Å². The average molecular weight is 311 g/mol. The predicted octanol–water partition coefficient (Wildman–Crippen LogP) is 2.04. The molecule has 21 heavy (non-hydrogen) atoms. The van der Waals surface area contributed by atoms with Crippen LogP contribution in [0.4, 0.5) is 0 Å². The van der Waals surface area contributed by atoms with Gasteiger partial charge in [0.25, 0.3) is 0 Å². The zero-order valence-electron chi connectivity index (χ0n) is 12.6. The van der Waals surface area contributed by atoms with Crippen molar-refractivity contribution in [1.29, 1.82) is 0 Å². The Morgan fingerprint density at radius 1 is 1.43 bits per heavy atom. The molecule has 0 radical (unpaired) electrons. The highest BCUT2D eigenvalue weighted by Crippen LogP contribution is 2.30. The number of hydrogen-bond acceptors (Lipinski definition) is 4. The first-order valence-electron chi connectivity index (χ1n) is 7.66. The van der Waals surface area contributed by atoms with Gasteiger partial charge < -0.3 is 5.73 Å². The maximum atomic E-state index is 12.3. The lowest BCUT2D eigenvalue weighted by Crippen LogP contribution is -2.28. The molecule has 0 aromatic carbocycles. The monoisotopic (exact) mass is 311 g/mol. The van der Waals surface area contributed by atoms with Crippen LogP contribution >= 0.6 is 0 Å². The molecule has 0 spiro atoms. The molecule has 0 saturated heterocycles. The minimum atomic E-state index is -3.51. The lowest BCUT2D eigenvalue weighted by molar-refractivity contribution is 0.271. The van der Waals surface area contributed by atoms with E-state index in [1.165, 1.54) is 25.7 Å². The smallest absolute Gasteiger partial charge is 0.242 e. The Labute approximate surface area is 127 Å². The molecule has 6 heteroatoms. The van der Waals surface area contributed by atoms with Gasteiger partial charge in [-0.1, -0.05) is 26.2 Å². The van der Waals surface area contributed by atoms with Crippen LogP contribution in [0.2, 0.25) is 0 Å². The van der Waals surface area contributed by atoms with Gasteiger partial charge in [-0.2, -0.15) is 0 Å². The minimum absolute atomic E-state index is 0.122. The average Bonchev–Trinajstić information content (AvgIpc) is 2.47. The van der Waals surface area contributed by atoms with Gasteiger partial charge in [0.2, 0.25) is 10.0 Å². The molecule has 1 aliphatic carbocycles. The van der Waals surface area contributed by atoms with Crippen molar-refractivity contribution in [3.8, 4) is 0 Å². The summed E-state index contributed by atoms with van der Waals surface area (Å²) in [5.74, 6) is 1.40. The number of rotatable bonds is 6. The topological polar surface area (TPSA) is 85.1 Å². The van der Waals surface area contributed by atoms with Crippen molar-refractivity contribution < 1.29 is 8.42 Å². The molecule has 1 aromatic heterocycles. The number of hydrogen-bond donors (Lipinski definition) is 2. The standard InChI is InChI=1S/C15H25N3O2S/c1-12-4-2-5-13(10-12)7-9-18-21(19,20)15-6-3-8-17-14(15)11-16/h3,6,8,12-13,18H,2,4-5,7,9-11,16H2,1H3. The van der Waals surface area contributed by atoms with E-state index in [0.29, 0.717) is 18.2 Å². The van der Waals surface area contributed by atoms with Crippen molar-refractivity contribution in [2.45, 2.75) is 50.5 Å². The number of pyridine rings is 1. The largest absolute Gasteiger partial charge is 0.325 e. The van der Waals surface area contributed by atoms with Crippen molar-refractivity contribution in [1.82, 2.24) is 9.71 Å². The molecule has 2 atom stereocenters. The normalized spacial score (nSPS) is 23.1. The summed E-state index contributed by atoms with van der Waals surface area (Å²) in [5, 5.41) is 0. The lowest BCUT2D eigenvalue weighted by atomic mass is 9.81. The van der Waals surface area contributed by atoms with Crippen LogP contribution in [0.5, 0.6) is 0 Å². The zero-order chi connectivity index (χ0) is 15.3. The predicted molar refractivity (Wildman–Crippen MR) is 83.1 cm³/mol. The van der Waals surface area contributed by atoms with Crippen molar-refractivity contribution >= 4 is 10.0 Å². The van der Waals surface area contributed by atoms with E-state index >= 15 is 0 Å². The number of nitrogens with one attached hydrogen (secondary N) is 1. The van der Waals surface area contributed by atoms with E-state index in [0.717, 1.165) is 12.3 Å². The maximum Gasteiger partial charge on any atom is 0.242 e. The molecule has 2 rings (SSSR count). The summed E-state index contributed by atoms with van der Waals surface area (Å²) < 4.78 is 27.3. The SMILES string of the molecule is CC1CCCC(CCNS(=O)(=O)c2cccnc2CN)C1. The van der Waals surface area contributed by atoms with E-state index < -0.39 is 10.0 Å². The number of nitrogens with zero attached hydrogens (tertiary/aromatic N) is 1. The fourth-order valence-corrected chi connectivity index (χ4v) is 4.36. The molecule has 0 amide bonds. The minimum Gasteiger partial charge on any atom is -0.325 e. The summed E-state index contributed by atoms with van der Waals surface area (Å²) in [7, 11) is -3.51. The van der Waals surface area contributed by atoms with Gasteiger partial charge in [-0.25, -0.2) is 13.1 Å². The van der Waals surface area contributed by atoms with Crippen molar-refractivity contribution in [3.05, 3.63) is 24.0 Å². The van der Waals surface area contributed by atoms with Crippen LogP contribution in [-0.4, -0.2) is 19.9 Å². The fraction of sp³-hybridized carbons (Fsp3) is 0.667.